The van der Waals surface area contributed by atoms with Gasteiger partial charge in [-0.3, -0.25) is 4.79 Å². The SMILES string of the molecule is Cn1cnc(-c2ccc3cc(C(O)C4CC(F)(F)C4)sc3n2)cc1=O. The second-order valence-electron chi connectivity index (χ2n) is 6.43. The van der Waals surface area contributed by atoms with Gasteiger partial charge in [0.25, 0.3) is 5.56 Å². The summed E-state index contributed by atoms with van der Waals surface area (Å²) in [5.41, 5.74) is 0.850. The first kappa shape index (κ1) is 16.3. The van der Waals surface area contributed by atoms with Gasteiger partial charge in [0.1, 0.15) is 4.83 Å². The Labute approximate surface area is 145 Å². The monoisotopic (exact) mass is 363 g/mol. The molecule has 0 spiro atoms. The summed E-state index contributed by atoms with van der Waals surface area (Å²) in [6, 6.07) is 6.78. The average molecular weight is 363 g/mol. The third kappa shape index (κ3) is 2.96. The smallest absolute Gasteiger partial charge is 0.253 e. The summed E-state index contributed by atoms with van der Waals surface area (Å²) in [6.45, 7) is 0. The third-order valence-electron chi connectivity index (χ3n) is 4.50. The van der Waals surface area contributed by atoms with Gasteiger partial charge >= 0.3 is 0 Å². The summed E-state index contributed by atoms with van der Waals surface area (Å²) >= 11 is 1.28. The molecule has 1 N–H and O–H groups in total. The lowest BCUT2D eigenvalue weighted by molar-refractivity contribution is -0.141. The van der Waals surface area contributed by atoms with Gasteiger partial charge < -0.3 is 9.67 Å². The highest BCUT2D eigenvalue weighted by Crippen LogP contribution is 2.49. The molecule has 25 heavy (non-hydrogen) atoms. The fraction of sp³-hybridized carbons (Fsp3) is 0.353. The van der Waals surface area contributed by atoms with Crippen LogP contribution in [0, 0.1) is 5.92 Å². The molecule has 1 atom stereocenters. The Morgan fingerprint density at radius 3 is 2.76 bits per heavy atom. The maximum atomic E-state index is 13.0. The van der Waals surface area contributed by atoms with E-state index in [0.29, 0.717) is 21.1 Å². The van der Waals surface area contributed by atoms with E-state index in [1.165, 1.54) is 28.3 Å². The summed E-state index contributed by atoms with van der Waals surface area (Å²) in [7, 11) is 1.62. The van der Waals surface area contributed by atoms with Crippen LogP contribution in [0.25, 0.3) is 21.6 Å². The van der Waals surface area contributed by atoms with Crippen molar-refractivity contribution in [1.29, 1.82) is 0 Å². The molecule has 3 aromatic heterocycles. The molecule has 0 saturated heterocycles. The minimum atomic E-state index is -2.65. The first-order valence-electron chi connectivity index (χ1n) is 7.82. The Kier molecular flexibility index (Phi) is 3.69. The summed E-state index contributed by atoms with van der Waals surface area (Å²) in [5, 5.41) is 11.2. The van der Waals surface area contributed by atoms with Crippen LogP contribution >= 0.6 is 11.3 Å². The lowest BCUT2D eigenvalue weighted by Crippen LogP contribution is -2.38. The summed E-state index contributed by atoms with van der Waals surface area (Å²) < 4.78 is 27.4. The molecule has 1 saturated carbocycles. The molecule has 0 aliphatic heterocycles. The van der Waals surface area contributed by atoms with Crippen LogP contribution < -0.4 is 5.56 Å². The zero-order valence-electron chi connectivity index (χ0n) is 13.3. The number of aromatic nitrogens is 3. The highest BCUT2D eigenvalue weighted by Gasteiger charge is 2.48. The van der Waals surface area contributed by atoms with E-state index in [1.54, 1.807) is 19.2 Å². The van der Waals surface area contributed by atoms with Crippen molar-refractivity contribution in [2.45, 2.75) is 24.9 Å². The summed E-state index contributed by atoms with van der Waals surface area (Å²) in [5.74, 6) is -3.07. The summed E-state index contributed by atoms with van der Waals surface area (Å²) in [6.07, 6.45) is -0.0231. The van der Waals surface area contributed by atoms with Crippen molar-refractivity contribution < 1.29 is 13.9 Å². The molecule has 1 aliphatic carbocycles. The zero-order valence-corrected chi connectivity index (χ0v) is 14.1. The number of thiophene rings is 1. The van der Waals surface area contributed by atoms with Gasteiger partial charge in [0.15, 0.2) is 0 Å². The fourth-order valence-corrected chi connectivity index (χ4v) is 4.10. The average Bonchev–Trinajstić information content (AvgIpc) is 2.97. The van der Waals surface area contributed by atoms with Gasteiger partial charge in [-0.15, -0.1) is 11.3 Å². The maximum Gasteiger partial charge on any atom is 0.253 e. The predicted molar refractivity (Wildman–Crippen MR) is 90.7 cm³/mol. The van der Waals surface area contributed by atoms with Gasteiger partial charge in [-0.1, -0.05) is 0 Å². The van der Waals surface area contributed by atoms with Crippen LogP contribution in [0.1, 0.15) is 23.8 Å². The van der Waals surface area contributed by atoms with Crippen molar-refractivity contribution >= 4 is 21.6 Å². The minimum absolute atomic E-state index is 0.180. The van der Waals surface area contributed by atoms with Gasteiger partial charge in [0.2, 0.25) is 5.92 Å². The topological polar surface area (TPSA) is 68.0 Å². The van der Waals surface area contributed by atoms with Crippen LogP contribution in [-0.4, -0.2) is 25.6 Å². The molecule has 1 fully saturated rings. The number of fused-ring (bicyclic) bond motifs is 1. The second-order valence-corrected chi connectivity index (χ2v) is 7.49. The number of rotatable bonds is 3. The van der Waals surface area contributed by atoms with E-state index in [1.807, 2.05) is 6.07 Å². The molecule has 1 aliphatic rings. The number of aliphatic hydroxyl groups excluding tert-OH is 1. The highest BCUT2D eigenvalue weighted by molar-refractivity contribution is 7.18. The van der Waals surface area contributed by atoms with Crippen LogP contribution in [0.4, 0.5) is 8.78 Å². The van der Waals surface area contributed by atoms with Crippen LogP contribution in [0.3, 0.4) is 0 Å². The standard InChI is InChI=1S/C17H15F2N3O2S/c1-22-8-20-12(5-14(22)23)11-3-2-9-4-13(25-16(9)21-11)15(24)10-6-17(18,19)7-10/h2-5,8,10,15,24H,6-7H2,1H3. The molecule has 4 rings (SSSR count). The molecule has 8 heteroatoms. The van der Waals surface area contributed by atoms with Crippen LogP contribution in [0.2, 0.25) is 0 Å². The Balaban J connectivity index is 1.65. The Morgan fingerprint density at radius 2 is 2.08 bits per heavy atom. The van der Waals surface area contributed by atoms with E-state index in [2.05, 4.69) is 9.97 Å². The quantitative estimate of drug-likeness (QED) is 0.776. The molecular formula is C17H15F2N3O2S. The van der Waals surface area contributed by atoms with Crippen LogP contribution in [-0.2, 0) is 7.05 Å². The fourth-order valence-electron chi connectivity index (χ4n) is 2.99. The maximum absolute atomic E-state index is 13.0. The molecule has 1 unspecified atom stereocenters. The van der Waals surface area contributed by atoms with Crippen molar-refractivity contribution in [3.63, 3.8) is 0 Å². The Hall–Kier alpha value is -2.19. The Bertz CT molecular complexity index is 1010. The summed E-state index contributed by atoms with van der Waals surface area (Å²) in [4.78, 5) is 21.8. The number of aliphatic hydroxyl groups is 1. The molecular weight excluding hydrogens is 348 g/mol. The number of nitrogens with zero attached hydrogens (tertiary/aromatic N) is 3. The van der Waals surface area contributed by atoms with Gasteiger partial charge in [0, 0.05) is 42.1 Å². The van der Waals surface area contributed by atoms with E-state index < -0.39 is 17.9 Å². The van der Waals surface area contributed by atoms with Gasteiger partial charge in [0.05, 0.1) is 23.8 Å². The van der Waals surface area contributed by atoms with Gasteiger partial charge in [-0.05, 0) is 18.2 Å². The lowest BCUT2D eigenvalue weighted by Gasteiger charge is -2.37. The van der Waals surface area contributed by atoms with E-state index in [0.717, 1.165) is 5.39 Å². The largest absolute Gasteiger partial charge is 0.387 e. The first-order chi connectivity index (χ1) is 11.8. The van der Waals surface area contributed by atoms with Gasteiger partial charge in [-0.25, -0.2) is 18.7 Å². The van der Waals surface area contributed by atoms with E-state index in [4.69, 9.17) is 0 Å². The highest BCUT2D eigenvalue weighted by atomic mass is 32.1. The first-order valence-corrected chi connectivity index (χ1v) is 8.63. The molecule has 3 aromatic rings. The van der Waals surface area contributed by atoms with Gasteiger partial charge in [-0.2, -0.15) is 0 Å². The lowest BCUT2D eigenvalue weighted by atomic mass is 9.77. The Morgan fingerprint density at radius 1 is 1.32 bits per heavy atom. The van der Waals surface area contributed by atoms with Crippen molar-refractivity contribution in [3.05, 3.63) is 45.8 Å². The van der Waals surface area contributed by atoms with Crippen LogP contribution in [0.15, 0.2) is 35.4 Å². The number of pyridine rings is 1. The number of halogens is 2. The number of hydrogen-bond donors (Lipinski definition) is 1. The number of aryl methyl sites for hydroxylation is 1. The molecule has 130 valence electrons. The molecule has 5 nitrogen and oxygen atoms in total. The molecule has 0 amide bonds. The third-order valence-corrected chi connectivity index (χ3v) is 5.62. The number of hydrogen-bond acceptors (Lipinski definition) is 5. The predicted octanol–water partition coefficient (Wildman–Crippen LogP) is 3.14. The van der Waals surface area contributed by atoms with E-state index in [9.17, 15) is 18.7 Å². The van der Waals surface area contributed by atoms with Crippen molar-refractivity contribution in [2.24, 2.45) is 13.0 Å². The zero-order chi connectivity index (χ0) is 17.8. The molecule has 3 heterocycles. The van der Waals surface area contributed by atoms with Crippen molar-refractivity contribution in [1.82, 2.24) is 14.5 Å². The van der Waals surface area contributed by atoms with Crippen molar-refractivity contribution in [3.8, 4) is 11.4 Å². The van der Waals surface area contributed by atoms with Crippen LogP contribution in [0.5, 0.6) is 0 Å². The van der Waals surface area contributed by atoms with E-state index >= 15 is 0 Å². The minimum Gasteiger partial charge on any atom is -0.387 e. The number of alkyl halides is 2. The van der Waals surface area contributed by atoms with E-state index in [-0.39, 0.29) is 18.4 Å². The molecule has 0 radical (unpaired) electrons. The molecule has 0 aromatic carbocycles. The normalized spacial score (nSPS) is 18.2. The second kappa shape index (κ2) is 5.67. The molecule has 0 bridgehead atoms. The van der Waals surface area contributed by atoms with Crippen molar-refractivity contribution in [2.75, 3.05) is 0 Å².